The van der Waals surface area contributed by atoms with Crippen LogP contribution in [-0.4, -0.2) is 23.1 Å². The molecule has 0 atom stereocenters. The lowest BCUT2D eigenvalue weighted by Crippen LogP contribution is -2.39. The SMILES string of the molecule is c1ccc(Sc2cnc(N3CCC4(CCCC4)CC3)cn2)cc1. The Morgan fingerprint density at radius 2 is 1.61 bits per heavy atom. The zero-order valence-electron chi connectivity index (χ0n) is 13.4. The summed E-state index contributed by atoms with van der Waals surface area (Å²) in [6.07, 6.45) is 12.3. The Morgan fingerprint density at radius 3 is 2.26 bits per heavy atom. The van der Waals surface area contributed by atoms with Crippen molar-refractivity contribution in [2.75, 3.05) is 18.0 Å². The van der Waals surface area contributed by atoms with Gasteiger partial charge in [0.2, 0.25) is 0 Å². The highest BCUT2D eigenvalue weighted by Crippen LogP contribution is 2.46. The highest BCUT2D eigenvalue weighted by molar-refractivity contribution is 7.99. The highest BCUT2D eigenvalue weighted by atomic mass is 32.2. The molecule has 1 aliphatic carbocycles. The maximum atomic E-state index is 4.66. The van der Waals surface area contributed by atoms with Gasteiger partial charge in [-0.3, -0.25) is 0 Å². The van der Waals surface area contributed by atoms with Crippen molar-refractivity contribution in [3.63, 3.8) is 0 Å². The summed E-state index contributed by atoms with van der Waals surface area (Å²) in [6, 6.07) is 10.3. The Bertz CT molecular complexity index is 625. The molecule has 120 valence electrons. The Hall–Kier alpha value is -1.55. The van der Waals surface area contributed by atoms with Gasteiger partial charge in [0.15, 0.2) is 0 Å². The van der Waals surface area contributed by atoms with E-state index in [2.05, 4.69) is 39.1 Å². The van der Waals surface area contributed by atoms with Gasteiger partial charge in [0.25, 0.3) is 0 Å². The minimum Gasteiger partial charge on any atom is -0.355 e. The van der Waals surface area contributed by atoms with Crippen molar-refractivity contribution in [1.82, 2.24) is 9.97 Å². The topological polar surface area (TPSA) is 29.0 Å². The molecule has 3 nitrogen and oxygen atoms in total. The number of rotatable bonds is 3. The highest BCUT2D eigenvalue weighted by Gasteiger charge is 2.37. The van der Waals surface area contributed by atoms with Crippen LogP contribution in [0.4, 0.5) is 5.82 Å². The molecule has 0 radical (unpaired) electrons. The zero-order chi connectivity index (χ0) is 15.5. The van der Waals surface area contributed by atoms with Crippen LogP contribution in [0.15, 0.2) is 52.6 Å². The molecular formula is C19H23N3S. The number of hydrogen-bond donors (Lipinski definition) is 0. The Balaban J connectivity index is 1.39. The predicted molar refractivity (Wildman–Crippen MR) is 94.9 cm³/mol. The molecule has 0 bridgehead atoms. The minimum absolute atomic E-state index is 0.660. The third kappa shape index (κ3) is 3.37. The van der Waals surface area contributed by atoms with Crippen LogP contribution >= 0.6 is 11.8 Å². The molecular weight excluding hydrogens is 302 g/mol. The maximum absolute atomic E-state index is 4.66. The van der Waals surface area contributed by atoms with Crippen LogP contribution in [0.1, 0.15) is 38.5 Å². The van der Waals surface area contributed by atoms with Gasteiger partial charge in [-0.1, -0.05) is 42.8 Å². The lowest BCUT2D eigenvalue weighted by atomic mass is 9.77. The van der Waals surface area contributed by atoms with Crippen molar-refractivity contribution in [2.45, 2.75) is 48.4 Å². The normalized spacial score (nSPS) is 20.1. The molecule has 1 aromatic carbocycles. The summed E-state index contributed by atoms with van der Waals surface area (Å²) in [5.41, 5.74) is 0.660. The summed E-state index contributed by atoms with van der Waals surface area (Å²) in [7, 11) is 0. The maximum Gasteiger partial charge on any atom is 0.147 e. The van der Waals surface area contributed by atoms with Gasteiger partial charge in [-0.2, -0.15) is 0 Å². The van der Waals surface area contributed by atoms with Gasteiger partial charge in [-0.25, -0.2) is 9.97 Å². The van der Waals surface area contributed by atoms with Crippen molar-refractivity contribution in [1.29, 1.82) is 0 Å². The van der Waals surface area contributed by atoms with Crippen LogP contribution in [0.25, 0.3) is 0 Å². The molecule has 1 saturated carbocycles. The molecule has 4 heteroatoms. The zero-order valence-corrected chi connectivity index (χ0v) is 14.3. The average Bonchev–Trinajstić information content (AvgIpc) is 3.06. The van der Waals surface area contributed by atoms with Gasteiger partial charge in [-0.05, 0) is 43.2 Å². The summed E-state index contributed by atoms with van der Waals surface area (Å²) in [4.78, 5) is 12.9. The molecule has 2 fully saturated rings. The summed E-state index contributed by atoms with van der Waals surface area (Å²) < 4.78 is 0. The third-order valence-corrected chi connectivity index (χ3v) is 6.32. The average molecular weight is 325 g/mol. The lowest BCUT2D eigenvalue weighted by Gasteiger charge is -2.39. The molecule has 2 aromatic rings. The lowest BCUT2D eigenvalue weighted by molar-refractivity contribution is 0.226. The molecule has 1 aliphatic heterocycles. The third-order valence-electron chi connectivity index (χ3n) is 5.39. The van der Waals surface area contributed by atoms with Gasteiger partial charge in [-0.15, -0.1) is 0 Å². The summed E-state index contributed by atoms with van der Waals surface area (Å²) in [5.74, 6) is 1.04. The largest absolute Gasteiger partial charge is 0.355 e. The van der Waals surface area contributed by atoms with E-state index in [1.165, 1.54) is 43.4 Å². The molecule has 4 rings (SSSR count). The van der Waals surface area contributed by atoms with Crippen molar-refractivity contribution >= 4 is 17.6 Å². The monoisotopic (exact) mass is 325 g/mol. The van der Waals surface area contributed by atoms with Crippen molar-refractivity contribution in [3.8, 4) is 0 Å². The van der Waals surface area contributed by atoms with E-state index in [0.717, 1.165) is 23.9 Å². The van der Waals surface area contributed by atoms with Gasteiger partial charge in [0, 0.05) is 18.0 Å². The fraction of sp³-hybridized carbons (Fsp3) is 0.474. The van der Waals surface area contributed by atoms with Crippen LogP contribution in [0.2, 0.25) is 0 Å². The van der Waals surface area contributed by atoms with E-state index in [4.69, 9.17) is 0 Å². The molecule has 0 N–H and O–H groups in total. The van der Waals surface area contributed by atoms with E-state index >= 15 is 0 Å². The second-order valence-corrected chi connectivity index (χ2v) is 7.92. The molecule has 1 aromatic heterocycles. The fourth-order valence-electron chi connectivity index (χ4n) is 3.97. The first-order chi connectivity index (χ1) is 11.3. The molecule has 1 spiro atoms. The Labute approximate surface area is 142 Å². The van der Waals surface area contributed by atoms with Crippen molar-refractivity contribution in [2.24, 2.45) is 5.41 Å². The van der Waals surface area contributed by atoms with Gasteiger partial charge < -0.3 is 4.90 Å². The Morgan fingerprint density at radius 1 is 0.870 bits per heavy atom. The van der Waals surface area contributed by atoms with E-state index < -0.39 is 0 Å². The predicted octanol–water partition coefficient (Wildman–Crippen LogP) is 4.79. The number of benzene rings is 1. The van der Waals surface area contributed by atoms with E-state index in [0.29, 0.717) is 5.41 Å². The first-order valence-electron chi connectivity index (χ1n) is 8.63. The first kappa shape index (κ1) is 15.0. The Kier molecular flexibility index (Phi) is 4.25. The molecule has 0 amide bonds. The number of aromatic nitrogens is 2. The van der Waals surface area contributed by atoms with Crippen LogP contribution in [0, 0.1) is 5.41 Å². The van der Waals surface area contributed by atoms with Crippen LogP contribution in [0.5, 0.6) is 0 Å². The van der Waals surface area contributed by atoms with E-state index in [1.807, 2.05) is 18.5 Å². The molecule has 0 unspecified atom stereocenters. The van der Waals surface area contributed by atoms with Gasteiger partial charge >= 0.3 is 0 Å². The van der Waals surface area contributed by atoms with Gasteiger partial charge in [0.1, 0.15) is 10.8 Å². The fourth-order valence-corrected chi connectivity index (χ4v) is 4.72. The van der Waals surface area contributed by atoms with Crippen molar-refractivity contribution < 1.29 is 0 Å². The van der Waals surface area contributed by atoms with Crippen LogP contribution in [-0.2, 0) is 0 Å². The molecule has 23 heavy (non-hydrogen) atoms. The molecule has 2 heterocycles. The smallest absolute Gasteiger partial charge is 0.147 e. The van der Waals surface area contributed by atoms with E-state index in [9.17, 15) is 0 Å². The second-order valence-electron chi connectivity index (χ2n) is 6.82. The standard InChI is InChI=1S/C19H23N3S/c1-2-6-16(7-3-1)23-18-15-20-17(14-21-18)22-12-10-19(11-13-22)8-4-5-9-19/h1-3,6-7,14-15H,4-5,8-13H2. The van der Waals surface area contributed by atoms with E-state index in [1.54, 1.807) is 11.8 Å². The molecule has 1 saturated heterocycles. The number of piperidine rings is 1. The summed E-state index contributed by atoms with van der Waals surface area (Å²) in [5, 5.41) is 0.962. The van der Waals surface area contributed by atoms with E-state index in [-0.39, 0.29) is 0 Å². The van der Waals surface area contributed by atoms with Gasteiger partial charge in [0.05, 0.1) is 12.4 Å². The quantitative estimate of drug-likeness (QED) is 0.811. The number of anilines is 1. The first-order valence-corrected chi connectivity index (χ1v) is 9.45. The van der Waals surface area contributed by atoms with Crippen molar-refractivity contribution in [3.05, 3.63) is 42.7 Å². The second kappa shape index (κ2) is 6.52. The summed E-state index contributed by atoms with van der Waals surface area (Å²) >= 11 is 1.67. The minimum atomic E-state index is 0.660. The van der Waals surface area contributed by atoms with Crippen LogP contribution < -0.4 is 4.90 Å². The molecule has 2 aliphatic rings. The summed E-state index contributed by atoms with van der Waals surface area (Å²) in [6.45, 7) is 2.28. The van der Waals surface area contributed by atoms with Crippen LogP contribution in [0.3, 0.4) is 0 Å². The number of hydrogen-bond acceptors (Lipinski definition) is 4. The number of nitrogens with zero attached hydrogens (tertiary/aromatic N) is 3.